The molecule has 1 heterocycles. The van der Waals surface area contributed by atoms with Gasteiger partial charge >= 0.3 is 6.18 Å². The van der Waals surface area contributed by atoms with Crippen LogP contribution in [0, 0.1) is 0 Å². The molecule has 0 N–H and O–H groups in total. The van der Waals surface area contributed by atoms with E-state index in [-0.39, 0.29) is 0 Å². The first-order chi connectivity index (χ1) is 8.00. The summed E-state index contributed by atoms with van der Waals surface area (Å²) >= 11 is 0. The fourth-order valence-corrected chi connectivity index (χ4v) is 1.38. The minimum Gasteiger partial charge on any atom is -0.493 e. The Hall–Kier alpha value is -1.98. The van der Waals surface area contributed by atoms with Gasteiger partial charge in [-0.25, -0.2) is 4.68 Å². The van der Waals surface area contributed by atoms with Crippen LogP contribution in [0.2, 0.25) is 0 Å². The smallest absolute Gasteiger partial charge is 0.416 e. The quantitative estimate of drug-likeness (QED) is 0.809. The van der Waals surface area contributed by atoms with Gasteiger partial charge in [-0.3, -0.25) is 0 Å². The lowest BCUT2D eigenvalue weighted by atomic mass is 10.2. The van der Waals surface area contributed by atoms with Gasteiger partial charge in [-0.15, -0.1) is 0 Å². The lowest BCUT2D eigenvalue weighted by Gasteiger charge is -2.08. The van der Waals surface area contributed by atoms with Gasteiger partial charge in [0.2, 0.25) is 0 Å². The fourth-order valence-electron chi connectivity index (χ4n) is 1.38. The van der Waals surface area contributed by atoms with Crippen LogP contribution < -0.4 is 4.74 Å². The van der Waals surface area contributed by atoms with Crippen molar-refractivity contribution in [2.24, 2.45) is 0 Å². The van der Waals surface area contributed by atoms with Gasteiger partial charge in [0.25, 0.3) is 0 Å². The molecular formula is C11H9F3N2O. The number of rotatable bonds is 2. The van der Waals surface area contributed by atoms with E-state index in [0.29, 0.717) is 11.4 Å². The van der Waals surface area contributed by atoms with Crippen LogP contribution in [0.15, 0.2) is 36.7 Å². The highest BCUT2D eigenvalue weighted by molar-refractivity contribution is 5.37. The van der Waals surface area contributed by atoms with Crippen molar-refractivity contribution in [1.29, 1.82) is 0 Å². The fraction of sp³-hybridized carbons (Fsp3) is 0.182. The summed E-state index contributed by atoms with van der Waals surface area (Å²) in [7, 11) is 1.47. The summed E-state index contributed by atoms with van der Waals surface area (Å²) in [4.78, 5) is 0. The number of hydrogen-bond acceptors (Lipinski definition) is 2. The molecule has 2 rings (SSSR count). The van der Waals surface area contributed by atoms with Crippen molar-refractivity contribution >= 4 is 0 Å². The van der Waals surface area contributed by atoms with E-state index in [2.05, 4.69) is 5.10 Å². The topological polar surface area (TPSA) is 27.1 Å². The van der Waals surface area contributed by atoms with E-state index in [9.17, 15) is 13.2 Å². The number of halogens is 3. The molecule has 3 nitrogen and oxygen atoms in total. The van der Waals surface area contributed by atoms with E-state index < -0.39 is 11.7 Å². The monoisotopic (exact) mass is 242 g/mol. The summed E-state index contributed by atoms with van der Waals surface area (Å²) in [6, 6.07) is 4.94. The van der Waals surface area contributed by atoms with Crippen LogP contribution in [-0.2, 0) is 6.18 Å². The Kier molecular flexibility index (Phi) is 2.79. The Balaban J connectivity index is 2.39. The molecule has 6 heteroatoms. The van der Waals surface area contributed by atoms with Crippen LogP contribution >= 0.6 is 0 Å². The molecule has 0 saturated heterocycles. The zero-order valence-corrected chi connectivity index (χ0v) is 8.90. The average Bonchev–Trinajstić information content (AvgIpc) is 2.76. The molecule has 90 valence electrons. The van der Waals surface area contributed by atoms with E-state index >= 15 is 0 Å². The van der Waals surface area contributed by atoms with Crippen molar-refractivity contribution in [3.63, 3.8) is 0 Å². The zero-order valence-electron chi connectivity index (χ0n) is 8.90. The molecule has 0 radical (unpaired) electrons. The maximum atomic E-state index is 12.5. The molecule has 0 fully saturated rings. The van der Waals surface area contributed by atoms with Gasteiger partial charge in [-0.2, -0.15) is 18.3 Å². The number of methoxy groups -OCH3 is 1. The van der Waals surface area contributed by atoms with Crippen molar-refractivity contribution in [1.82, 2.24) is 9.78 Å². The molecule has 0 aliphatic rings. The van der Waals surface area contributed by atoms with Gasteiger partial charge in [0.15, 0.2) is 5.75 Å². The van der Waals surface area contributed by atoms with Gasteiger partial charge in [-0.05, 0) is 18.2 Å². The summed E-state index contributed by atoms with van der Waals surface area (Å²) in [5, 5.41) is 3.90. The van der Waals surface area contributed by atoms with Gasteiger partial charge < -0.3 is 4.74 Å². The molecule has 17 heavy (non-hydrogen) atoms. The third kappa shape index (κ3) is 2.41. The summed E-state index contributed by atoms with van der Waals surface area (Å²) in [5.41, 5.74) is -0.368. The Morgan fingerprint density at radius 2 is 2.06 bits per heavy atom. The van der Waals surface area contributed by atoms with Crippen LogP contribution in [0.3, 0.4) is 0 Å². The molecule has 0 atom stereocenters. The van der Waals surface area contributed by atoms with Crippen molar-refractivity contribution in [2.45, 2.75) is 6.18 Å². The highest BCUT2D eigenvalue weighted by Gasteiger charge is 2.30. The standard InChI is InChI=1S/C11H9F3N2O/c1-17-10-6-15-16(7-10)9-4-2-3-8(5-9)11(12,13)14/h2-7H,1H3. The molecular weight excluding hydrogens is 233 g/mol. The lowest BCUT2D eigenvalue weighted by Crippen LogP contribution is -2.06. The number of nitrogens with zero attached hydrogens (tertiary/aromatic N) is 2. The highest BCUT2D eigenvalue weighted by Crippen LogP contribution is 2.30. The number of ether oxygens (including phenoxy) is 1. The molecule has 0 bridgehead atoms. The summed E-state index contributed by atoms with van der Waals surface area (Å²) in [6.07, 6.45) is -1.41. The summed E-state index contributed by atoms with van der Waals surface area (Å²) in [6.45, 7) is 0. The molecule has 0 unspecified atom stereocenters. The van der Waals surface area contributed by atoms with Crippen LogP contribution in [0.25, 0.3) is 5.69 Å². The Morgan fingerprint density at radius 3 is 2.65 bits per heavy atom. The van der Waals surface area contributed by atoms with Crippen molar-refractivity contribution < 1.29 is 17.9 Å². The molecule has 2 aromatic rings. The molecule has 0 amide bonds. The summed E-state index contributed by atoms with van der Waals surface area (Å²) in [5.74, 6) is 0.488. The second-order valence-corrected chi connectivity index (χ2v) is 3.37. The lowest BCUT2D eigenvalue weighted by molar-refractivity contribution is -0.137. The number of hydrogen-bond donors (Lipinski definition) is 0. The minimum absolute atomic E-state index is 0.336. The maximum absolute atomic E-state index is 12.5. The first kappa shape index (κ1) is 11.5. The SMILES string of the molecule is COc1cnn(-c2cccc(C(F)(F)F)c2)c1. The zero-order chi connectivity index (χ0) is 12.5. The van der Waals surface area contributed by atoms with Crippen molar-refractivity contribution in [2.75, 3.05) is 7.11 Å². The van der Waals surface area contributed by atoms with E-state index in [1.807, 2.05) is 0 Å². The second kappa shape index (κ2) is 4.12. The van der Waals surface area contributed by atoms with Gasteiger partial charge in [-0.1, -0.05) is 6.07 Å². The van der Waals surface area contributed by atoms with E-state index in [0.717, 1.165) is 12.1 Å². The minimum atomic E-state index is -4.35. The molecule has 0 aliphatic carbocycles. The predicted octanol–water partition coefficient (Wildman–Crippen LogP) is 2.90. The number of alkyl halides is 3. The Labute approximate surface area is 95.4 Å². The average molecular weight is 242 g/mol. The van der Waals surface area contributed by atoms with Gasteiger partial charge in [0, 0.05) is 0 Å². The normalized spacial score (nSPS) is 11.5. The summed E-state index contributed by atoms with van der Waals surface area (Å²) < 4.78 is 43.7. The number of aromatic nitrogens is 2. The first-order valence-corrected chi connectivity index (χ1v) is 4.77. The van der Waals surface area contributed by atoms with E-state index in [1.54, 1.807) is 6.07 Å². The molecule has 0 spiro atoms. The van der Waals surface area contributed by atoms with Crippen molar-refractivity contribution in [3.8, 4) is 11.4 Å². The largest absolute Gasteiger partial charge is 0.493 e. The van der Waals surface area contributed by atoms with E-state index in [1.165, 1.54) is 30.3 Å². The molecule has 0 aliphatic heterocycles. The van der Waals surface area contributed by atoms with E-state index in [4.69, 9.17) is 4.74 Å². The Bertz CT molecular complexity index is 519. The van der Waals surface area contributed by atoms with Crippen LogP contribution in [0.4, 0.5) is 13.2 Å². The van der Waals surface area contributed by atoms with Gasteiger partial charge in [0.1, 0.15) is 0 Å². The third-order valence-corrected chi connectivity index (χ3v) is 2.23. The van der Waals surface area contributed by atoms with Crippen LogP contribution in [0.1, 0.15) is 5.56 Å². The number of benzene rings is 1. The van der Waals surface area contributed by atoms with Crippen LogP contribution in [-0.4, -0.2) is 16.9 Å². The predicted molar refractivity (Wildman–Crippen MR) is 55.1 cm³/mol. The molecule has 0 saturated carbocycles. The van der Waals surface area contributed by atoms with Gasteiger partial charge in [0.05, 0.1) is 30.8 Å². The molecule has 1 aromatic heterocycles. The molecule has 1 aromatic carbocycles. The van der Waals surface area contributed by atoms with Crippen molar-refractivity contribution in [3.05, 3.63) is 42.2 Å². The third-order valence-electron chi connectivity index (χ3n) is 2.23. The Morgan fingerprint density at radius 1 is 1.29 bits per heavy atom. The first-order valence-electron chi connectivity index (χ1n) is 4.77. The van der Waals surface area contributed by atoms with Crippen LogP contribution in [0.5, 0.6) is 5.75 Å². The highest BCUT2D eigenvalue weighted by atomic mass is 19.4. The second-order valence-electron chi connectivity index (χ2n) is 3.37. The maximum Gasteiger partial charge on any atom is 0.416 e.